The number of benzene rings is 2. The van der Waals surface area contributed by atoms with Crippen LogP contribution < -0.4 is 19.1 Å². The number of ether oxygens (including phenoxy) is 2. The molecule has 2 aromatic carbocycles. The van der Waals surface area contributed by atoms with E-state index in [-0.39, 0.29) is 19.2 Å². The van der Waals surface area contributed by atoms with Crippen LogP contribution in [-0.4, -0.2) is 46.4 Å². The van der Waals surface area contributed by atoms with E-state index in [1.165, 1.54) is 0 Å². The van der Waals surface area contributed by atoms with Crippen molar-refractivity contribution in [2.24, 2.45) is 0 Å². The maximum atomic E-state index is 12.4. The minimum absolute atomic E-state index is 0.220. The van der Waals surface area contributed by atoms with E-state index in [9.17, 15) is 13.2 Å². The zero-order valence-corrected chi connectivity index (χ0v) is 17.0. The van der Waals surface area contributed by atoms with E-state index in [4.69, 9.17) is 9.47 Å². The summed E-state index contributed by atoms with van der Waals surface area (Å²) >= 11 is 0. The van der Waals surface area contributed by atoms with Crippen LogP contribution in [0.15, 0.2) is 42.5 Å². The Bertz CT molecular complexity index is 974. The molecule has 1 heterocycles. The zero-order valence-electron chi connectivity index (χ0n) is 16.1. The molecule has 0 aromatic heterocycles. The minimum atomic E-state index is -3.62. The van der Waals surface area contributed by atoms with Crippen molar-refractivity contribution in [1.29, 1.82) is 0 Å². The first-order chi connectivity index (χ1) is 13.2. The second-order valence-corrected chi connectivity index (χ2v) is 8.77. The van der Waals surface area contributed by atoms with E-state index in [0.29, 0.717) is 23.8 Å². The van der Waals surface area contributed by atoms with Crippen molar-refractivity contribution in [3.8, 4) is 11.5 Å². The van der Waals surface area contributed by atoms with Gasteiger partial charge in [0.2, 0.25) is 15.9 Å². The molecular weight excluding hydrogens is 380 g/mol. The van der Waals surface area contributed by atoms with Gasteiger partial charge in [-0.25, -0.2) is 8.42 Å². The van der Waals surface area contributed by atoms with Crippen molar-refractivity contribution in [3.63, 3.8) is 0 Å². The highest BCUT2D eigenvalue weighted by Crippen LogP contribution is 2.30. The number of hydrogen-bond donors (Lipinski definition) is 1. The average molecular weight is 404 g/mol. The number of carbonyl (C=O) groups is 1. The summed E-state index contributed by atoms with van der Waals surface area (Å²) in [6, 6.07) is 12.8. The Balaban J connectivity index is 1.64. The van der Waals surface area contributed by atoms with Crippen LogP contribution >= 0.6 is 0 Å². The molecule has 0 saturated heterocycles. The summed E-state index contributed by atoms with van der Waals surface area (Å²) in [7, 11) is -3.62. The predicted octanol–water partition coefficient (Wildman–Crippen LogP) is 2.03. The Kier molecular flexibility index (Phi) is 5.79. The summed E-state index contributed by atoms with van der Waals surface area (Å²) in [6.45, 7) is 3.92. The van der Waals surface area contributed by atoms with Crippen molar-refractivity contribution in [3.05, 3.63) is 53.6 Å². The van der Waals surface area contributed by atoms with E-state index in [0.717, 1.165) is 21.7 Å². The van der Waals surface area contributed by atoms with E-state index >= 15 is 0 Å². The highest BCUT2D eigenvalue weighted by Gasteiger charge is 2.25. The fourth-order valence-electron chi connectivity index (χ4n) is 2.95. The van der Waals surface area contributed by atoms with E-state index in [1.807, 2.05) is 44.2 Å². The first-order valence-corrected chi connectivity index (χ1v) is 10.8. The quantitative estimate of drug-likeness (QED) is 0.796. The molecule has 0 bridgehead atoms. The van der Waals surface area contributed by atoms with Crippen LogP contribution in [0.3, 0.4) is 0 Å². The lowest BCUT2D eigenvalue weighted by atomic mass is 10.1. The summed E-state index contributed by atoms with van der Waals surface area (Å²) in [5.74, 6) is 0.887. The fourth-order valence-corrected chi connectivity index (χ4v) is 3.85. The number of rotatable bonds is 6. The highest BCUT2D eigenvalue weighted by molar-refractivity contribution is 7.92. The lowest BCUT2D eigenvalue weighted by molar-refractivity contribution is -0.120. The summed E-state index contributed by atoms with van der Waals surface area (Å²) in [5, 5.41) is 2.74. The van der Waals surface area contributed by atoms with Gasteiger partial charge in [-0.3, -0.25) is 9.10 Å². The molecule has 0 radical (unpaired) electrons. The number of amides is 1. The van der Waals surface area contributed by atoms with Gasteiger partial charge >= 0.3 is 0 Å². The van der Waals surface area contributed by atoms with Gasteiger partial charge < -0.3 is 14.8 Å². The van der Waals surface area contributed by atoms with Gasteiger partial charge in [-0.2, -0.15) is 0 Å². The van der Waals surface area contributed by atoms with Crippen molar-refractivity contribution in [1.82, 2.24) is 5.32 Å². The van der Waals surface area contributed by atoms with Crippen molar-refractivity contribution in [2.75, 3.05) is 30.3 Å². The number of nitrogens with one attached hydrogen (secondary N) is 1. The van der Waals surface area contributed by atoms with Gasteiger partial charge in [0.15, 0.2) is 11.5 Å². The van der Waals surface area contributed by atoms with Gasteiger partial charge in [-0.15, -0.1) is 0 Å². The molecule has 0 fully saturated rings. The number of fused-ring (bicyclic) bond motifs is 1. The first kappa shape index (κ1) is 20.0. The maximum Gasteiger partial charge on any atom is 0.240 e. The van der Waals surface area contributed by atoms with Gasteiger partial charge in [0, 0.05) is 0 Å². The molecule has 1 amide bonds. The molecule has 2 aromatic rings. The smallest absolute Gasteiger partial charge is 0.240 e. The van der Waals surface area contributed by atoms with Crippen LogP contribution in [0.1, 0.15) is 11.1 Å². The minimum Gasteiger partial charge on any atom is -0.486 e. The number of aryl methyl sites for hydroxylation is 2. The third-order valence-corrected chi connectivity index (χ3v) is 5.54. The summed E-state index contributed by atoms with van der Waals surface area (Å²) in [6.07, 6.45) is 0.753. The summed E-state index contributed by atoms with van der Waals surface area (Å²) < 4.78 is 37.1. The van der Waals surface area contributed by atoms with Crippen molar-refractivity contribution < 1.29 is 22.7 Å². The first-order valence-electron chi connectivity index (χ1n) is 8.94. The molecule has 1 atom stereocenters. The molecule has 28 heavy (non-hydrogen) atoms. The van der Waals surface area contributed by atoms with Gasteiger partial charge in [-0.1, -0.05) is 24.3 Å². The Morgan fingerprint density at radius 2 is 1.89 bits per heavy atom. The van der Waals surface area contributed by atoms with Gasteiger partial charge in [0.1, 0.15) is 19.3 Å². The Morgan fingerprint density at radius 1 is 1.18 bits per heavy atom. The molecule has 1 aliphatic heterocycles. The normalized spacial score (nSPS) is 15.8. The van der Waals surface area contributed by atoms with Crippen LogP contribution in [0, 0.1) is 13.8 Å². The van der Waals surface area contributed by atoms with Crippen molar-refractivity contribution >= 4 is 21.6 Å². The molecule has 150 valence electrons. The summed E-state index contributed by atoms with van der Waals surface area (Å²) in [4.78, 5) is 12.4. The Labute approximate surface area is 165 Å². The topological polar surface area (TPSA) is 84.9 Å². The largest absolute Gasteiger partial charge is 0.486 e. The SMILES string of the molecule is Cc1ccc(C)c(N(CC(=O)NC[C@@H]2COc3ccccc3O2)S(C)(=O)=O)c1. The summed E-state index contributed by atoms with van der Waals surface area (Å²) in [5.41, 5.74) is 2.20. The second-order valence-electron chi connectivity index (χ2n) is 6.86. The molecule has 1 N–H and O–H groups in total. The predicted molar refractivity (Wildman–Crippen MR) is 107 cm³/mol. The van der Waals surface area contributed by atoms with Gasteiger partial charge in [0.25, 0.3) is 0 Å². The van der Waals surface area contributed by atoms with Crippen LogP contribution in [0.5, 0.6) is 11.5 Å². The lowest BCUT2D eigenvalue weighted by Crippen LogP contribution is -2.45. The van der Waals surface area contributed by atoms with Crippen molar-refractivity contribution in [2.45, 2.75) is 20.0 Å². The van der Waals surface area contributed by atoms with Gasteiger partial charge in [-0.05, 0) is 43.2 Å². The van der Waals surface area contributed by atoms with Crippen LogP contribution in [0.4, 0.5) is 5.69 Å². The maximum absolute atomic E-state index is 12.4. The van der Waals surface area contributed by atoms with E-state index in [2.05, 4.69) is 5.32 Å². The molecule has 0 unspecified atom stereocenters. The lowest BCUT2D eigenvalue weighted by Gasteiger charge is -2.27. The Morgan fingerprint density at radius 3 is 2.61 bits per heavy atom. The fraction of sp³-hybridized carbons (Fsp3) is 0.350. The molecule has 0 aliphatic carbocycles. The third kappa shape index (κ3) is 4.75. The third-order valence-electron chi connectivity index (χ3n) is 4.42. The number of anilines is 1. The number of para-hydroxylation sites is 2. The number of carbonyl (C=O) groups excluding carboxylic acids is 1. The standard InChI is InChI=1S/C20H24N2O5S/c1-14-8-9-15(2)17(10-14)22(28(3,24)25)12-20(23)21-11-16-13-26-18-6-4-5-7-19(18)27-16/h4-10,16H,11-13H2,1-3H3,(H,21,23)/t16-/m1/s1. The van der Waals surface area contributed by atoms with Crippen LogP contribution in [-0.2, 0) is 14.8 Å². The zero-order chi connectivity index (χ0) is 20.3. The van der Waals surface area contributed by atoms with Gasteiger partial charge in [0.05, 0.1) is 18.5 Å². The molecule has 1 aliphatic rings. The molecule has 7 nitrogen and oxygen atoms in total. The molecule has 3 rings (SSSR count). The molecule has 8 heteroatoms. The van der Waals surface area contributed by atoms with Crippen LogP contribution in [0.2, 0.25) is 0 Å². The number of sulfonamides is 1. The molecular formula is C20H24N2O5S. The monoisotopic (exact) mass is 404 g/mol. The number of nitrogens with zero attached hydrogens (tertiary/aromatic N) is 1. The average Bonchev–Trinajstić information content (AvgIpc) is 2.65. The highest BCUT2D eigenvalue weighted by atomic mass is 32.2. The Hall–Kier alpha value is -2.74. The van der Waals surface area contributed by atoms with E-state index < -0.39 is 15.9 Å². The van der Waals surface area contributed by atoms with Crippen LogP contribution in [0.25, 0.3) is 0 Å². The second kappa shape index (κ2) is 8.10. The molecule has 0 saturated carbocycles. The van der Waals surface area contributed by atoms with E-state index in [1.54, 1.807) is 12.1 Å². The number of hydrogen-bond acceptors (Lipinski definition) is 5. The molecule has 0 spiro atoms.